The highest BCUT2D eigenvalue weighted by Crippen LogP contribution is 2.23. The standard InChI is InChI=1S/C25H22N4O3/c1-31-23-9-5-4-8-22(23)28-25(30)17-32-20-13-10-18(11-14-20)16-26-29-24-15-12-19-6-2-3-7-21(19)27-24/h2-16H,17H2,1H3,(H,27,29)(H,28,30)/b26-16-. The van der Waals surface area contributed by atoms with Crippen LogP contribution in [-0.2, 0) is 4.79 Å². The van der Waals surface area contributed by atoms with Crippen LogP contribution in [0.3, 0.4) is 0 Å². The summed E-state index contributed by atoms with van der Waals surface area (Å²) in [6.45, 7) is -0.110. The Morgan fingerprint density at radius 2 is 1.75 bits per heavy atom. The van der Waals surface area contributed by atoms with Crippen LogP contribution in [0.15, 0.2) is 90.0 Å². The molecule has 1 aromatic heterocycles. The maximum Gasteiger partial charge on any atom is 0.262 e. The van der Waals surface area contributed by atoms with E-state index < -0.39 is 0 Å². The molecule has 0 bridgehead atoms. The molecule has 0 unspecified atom stereocenters. The lowest BCUT2D eigenvalue weighted by Gasteiger charge is -2.10. The van der Waals surface area contributed by atoms with Gasteiger partial charge in [-0.05, 0) is 60.2 Å². The summed E-state index contributed by atoms with van der Waals surface area (Å²) in [5.74, 6) is 1.58. The van der Waals surface area contributed by atoms with E-state index in [1.54, 1.807) is 37.6 Å². The number of carbonyl (C=O) groups excluding carboxylic acids is 1. The fourth-order valence-electron chi connectivity index (χ4n) is 3.03. The number of benzene rings is 3. The van der Waals surface area contributed by atoms with Crippen LogP contribution in [0.4, 0.5) is 11.5 Å². The Balaban J connectivity index is 1.28. The monoisotopic (exact) mass is 426 g/mol. The molecule has 32 heavy (non-hydrogen) atoms. The molecular weight excluding hydrogens is 404 g/mol. The third-order valence-electron chi connectivity index (χ3n) is 4.62. The quantitative estimate of drug-likeness (QED) is 0.315. The van der Waals surface area contributed by atoms with Gasteiger partial charge in [-0.2, -0.15) is 5.10 Å². The van der Waals surface area contributed by atoms with Gasteiger partial charge in [0, 0.05) is 5.39 Å². The van der Waals surface area contributed by atoms with Crippen molar-refractivity contribution in [2.24, 2.45) is 5.10 Å². The Bertz CT molecular complexity index is 1240. The first-order valence-corrected chi connectivity index (χ1v) is 10.0. The molecule has 1 amide bonds. The smallest absolute Gasteiger partial charge is 0.262 e. The number of hydrogen-bond donors (Lipinski definition) is 2. The van der Waals surface area contributed by atoms with Crippen LogP contribution in [0.5, 0.6) is 11.5 Å². The third kappa shape index (κ3) is 5.40. The number of para-hydroxylation sites is 3. The number of carbonyl (C=O) groups is 1. The number of pyridine rings is 1. The predicted molar refractivity (Wildman–Crippen MR) is 127 cm³/mol. The first-order valence-electron chi connectivity index (χ1n) is 10.0. The molecule has 0 aliphatic heterocycles. The number of nitrogens with one attached hydrogen (secondary N) is 2. The normalized spacial score (nSPS) is 10.8. The fourth-order valence-corrected chi connectivity index (χ4v) is 3.03. The van der Waals surface area contributed by atoms with Crippen molar-refractivity contribution in [3.63, 3.8) is 0 Å². The number of hydrogen-bond acceptors (Lipinski definition) is 6. The molecule has 4 aromatic rings. The lowest BCUT2D eigenvalue weighted by molar-refractivity contribution is -0.118. The fraction of sp³-hybridized carbons (Fsp3) is 0.0800. The topological polar surface area (TPSA) is 84.8 Å². The molecule has 0 aliphatic carbocycles. The van der Waals surface area contributed by atoms with Gasteiger partial charge in [0.05, 0.1) is 24.5 Å². The van der Waals surface area contributed by atoms with Gasteiger partial charge in [-0.1, -0.05) is 30.3 Å². The molecule has 0 saturated carbocycles. The van der Waals surface area contributed by atoms with Gasteiger partial charge in [-0.25, -0.2) is 4.98 Å². The van der Waals surface area contributed by atoms with Crippen LogP contribution in [0.25, 0.3) is 10.9 Å². The molecule has 2 N–H and O–H groups in total. The zero-order chi connectivity index (χ0) is 22.2. The Hall–Kier alpha value is -4.39. The second-order valence-corrected chi connectivity index (χ2v) is 6.87. The van der Waals surface area contributed by atoms with Crippen molar-refractivity contribution in [3.05, 3.63) is 90.5 Å². The van der Waals surface area contributed by atoms with Crippen molar-refractivity contribution in [2.45, 2.75) is 0 Å². The van der Waals surface area contributed by atoms with Gasteiger partial charge in [-0.15, -0.1) is 0 Å². The zero-order valence-corrected chi connectivity index (χ0v) is 17.5. The van der Waals surface area contributed by atoms with E-state index in [1.165, 1.54) is 0 Å². The number of anilines is 2. The largest absolute Gasteiger partial charge is 0.495 e. The summed E-state index contributed by atoms with van der Waals surface area (Å²) in [5.41, 5.74) is 5.32. The van der Waals surface area contributed by atoms with Crippen LogP contribution in [0, 0.1) is 0 Å². The number of hydrazone groups is 1. The third-order valence-corrected chi connectivity index (χ3v) is 4.62. The van der Waals surface area contributed by atoms with Crippen LogP contribution >= 0.6 is 0 Å². The summed E-state index contributed by atoms with van der Waals surface area (Å²) in [5, 5.41) is 8.08. The van der Waals surface area contributed by atoms with Gasteiger partial charge in [0.15, 0.2) is 6.61 Å². The highest BCUT2D eigenvalue weighted by molar-refractivity contribution is 5.93. The zero-order valence-electron chi connectivity index (χ0n) is 17.5. The van der Waals surface area contributed by atoms with Gasteiger partial charge in [0.25, 0.3) is 5.91 Å². The maximum absolute atomic E-state index is 12.2. The highest BCUT2D eigenvalue weighted by atomic mass is 16.5. The SMILES string of the molecule is COc1ccccc1NC(=O)COc1ccc(/C=N\Nc2ccc3ccccc3n2)cc1. The number of amides is 1. The first kappa shape index (κ1) is 20.9. The second kappa shape index (κ2) is 10.1. The average molecular weight is 426 g/mol. The van der Waals surface area contributed by atoms with E-state index in [1.807, 2.05) is 60.7 Å². The number of aromatic nitrogens is 1. The summed E-state index contributed by atoms with van der Waals surface area (Å²) in [7, 11) is 1.56. The molecule has 0 atom stereocenters. The number of nitrogens with zero attached hydrogens (tertiary/aromatic N) is 2. The van der Waals surface area contributed by atoms with E-state index in [9.17, 15) is 4.79 Å². The van der Waals surface area contributed by atoms with E-state index in [-0.39, 0.29) is 12.5 Å². The van der Waals surface area contributed by atoms with E-state index in [2.05, 4.69) is 20.8 Å². The maximum atomic E-state index is 12.2. The molecule has 0 aliphatic rings. The lowest BCUT2D eigenvalue weighted by Crippen LogP contribution is -2.20. The van der Waals surface area contributed by atoms with Crippen LogP contribution in [-0.4, -0.2) is 30.8 Å². The Kier molecular flexibility index (Phi) is 6.57. The van der Waals surface area contributed by atoms with Gasteiger partial charge in [0.1, 0.15) is 17.3 Å². The number of fused-ring (bicyclic) bond motifs is 1. The molecule has 7 nitrogen and oxygen atoms in total. The molecule has 0 spiro atoms. The number of rotatable bonds is 8. The molecule has 0 fully saturated rings. The van der Waals surface area contributed by atoms with Crippen molar-refractivity contribution in [2.75, 3.05) is 24.5 Å². The summed E-state index contributed by atoms with van der Waals surface area (Å²) in [4.78, 5) is 16.7. The molecule has 160 valence electrons. The summed E-state index contributed by atoms with van der Waals surface area (Å²) < 4.78 is 10.8. The van der Waals surface area contributed by atoms with Gasteiger partial charge in [0.2, 0.25) is 0 Å². The van der Waals surface area contributed by atoms with Crippen molar-refractivity contribution in [1.29, 1.82) is 0 Å². The second-order valence-electron chi connectivity index (χ2n) is 6.87. The highest BCUT2D eigenvalue weighted by Gasteiger charge is 2.07. The van der Waals surface area contributed by atoms with Gasteiger partial charge < -0.3 is 14.8 Å². The van der Waals surface area contributed by atoms with E-state index >= 15 is 0 Å². The van der Waals surface area contributed by atoms with E-state index in [0.717, 1.165) is 16.5 Å². The molecule has 1 heterocycles. The van der Waals surface area contributed by atoms with Gasteiger partial charge >= 0.3 is 0 Å². The molecule has 0 saturated heterocycles. The minimum absolute atomic E-state index is 0.110. The Morgan fingerprint density at radius 1 is 0.969 bits per heavy atom. The van der Waals surface area contributed by atoms with Crippen molar-refractivity contribution >= 4 is 34.5 Å². The van der Waals surface area contributed by atoms with Crippen LogP contribution in [0.2, 0.25) is 0 Å². The summed E-state index contributed by atoms with van der Waals surface area (Å²) in [6, 6.07) is 26.3. The molecular formula is C25H22N4O3. The number of ether oxygens (including phenoxy) is 2. The summed E-state index contributed by atoms with van der Waals surface area (Å²) in [6.07, 6.45) is 1.69. The van der Waals surface area contributed by atoms with Crippen LogP contribution < -0.4 is 20.2 Å². The van der Waals surface area contributed by atoms with Crippen molar-refractivity contribution < 1.29 is 14.3 Å². The molecule has 0 radical (unpaired) electrons. The summed E-state index contributed by atoms with van der Waals surface area (Å²) >= 11 is 0. The Labute approximate surface area is 185 Å². The molecule has 7 heteroatoms. The van der Waals surface area contributed by atoms with Crippen molar-refractivity contribution in [1.82, 2.24) is 4.98 Å². The molecule has 3 aromatic carbocycles. The minimum atomic E-state index is -0.271. The van der Waals surface area contributed by atoms with Gasteiger partial charge in [-0.3, -0.25) is 10.2 Å². The van der Waals surface area contributed by atoms with E-state index in [4.69, 9.17) is 9.47 Å². The first-order chi connectivity index (χ1) is 15.7. The van der Waals surface area contributed by atoms with E-state index in [0.29, 0.717) is 23.0 Å². The minimum Gasteiger partial charge on any atom is -0.495 e. The molecule has 4 rings (SSSR count). The van der Waals surface area contributed by atoms with Crippen molar-refractivity contribution in [3.8, 4) is 11.5 Å². The lowest BCUT2D eigenvalue weighted by atomic mass is 10.2. The predicted octanol–water partition coefficient (Wildman–Crippen LogP) is 4.71. The van der Waals surface area contributed by atoms with Crippen LogP contribution in [0.1, 0.15) is 5.56 Å². The number of methoxy groups -OCH3 is 1. The average Bonchev–Trinajstić information content (AvgIpc) is 2.84. The Morgan fingerprint density at radius 3 is 2.59 bits per heavy atom.